The molecule has 2 saturated carbocycles. The molecule has 0 N–H and O–H groups in total. The van der Waals surface area contributed by atoms with Gasteiger partial charge in [-0.05, 0) is 88.9 Å². The van der Waals surface area contributed by atoms with Crippen LogP contribution in [0.4, 0.5) is 0 Å². The predicted octanol–water partition coefficient (Wildman–Crippen LogP) is 7.31. The van der Waals surface area contributed by atoms with E-state index in [1.54, 1.807) is 0 Å². The largest absolute Gasteiger partial charge is 0.0917 e. The van der Waals surface area contributed by atoms with Crippen molar-refractivity contribution in [2.45, 2.75) is 90.9 Å². The fourth-order valence-electron chi connectivity index (χ4n) is 4.89. The molecule has 0 radical (unpaired) electrons. The molecule has 0 nitrogen and oxygen atoms in total. The van der Waals surface area contributed by atoms with Crippen molar-refractivity contribution in [3.05, 3.63) is 24.3 Å². The average molecular weight is 303 g/mol. The molecule has 22 heavy (non-hydrogen) atoms. The van der Waals surface area contributed by atoms with Gasteiger partial charge in [0.2, 0.25) is 0 Å². The van der Waals surface area contributed by atoms with Gasteiger partial charge in [-0.1, -0.05) is 50.0 Å². The van der Waals surface area contributed by atoms with E-state index < -0.39 is 0 Å². The van der Waals surface area contributed by atoms with E-state index in [9.17, 15) is 0 Å². The Bertz CT molecular complexity index is 288. The van der Waals surface area contributed by atoms with Gasteiger partial charge in [0.25, 0.3) is 0 Å². The molecule has 2 aliphatic rings. The highest BCUT2D eigenvalue weighted by Gasteiger charge is 2.30. The Labute approximate surface area is 139 Å². The lowest BCUT2D eigenvalue weighted by atomic mass is 9.68. The molecule has 0 aliphatic heterocycles. The molecule has 0 unspecified atom stereocenters. The van der Waals surface area contributed by atoms with E-state index in [4.69, 9.17) is 0 Å². The van der Waals surface area contributed by atoms with Gasteiger partial charge in [0.1, 0.15) is 0 Å². The van der Waals surface area contributed by atoms with Gasteiger partial charge in [-0.25, -0.2) is 0 Å². The Morgan fingerprint density at radius 2 is 0.955 bits per heavy atom. The molecule has 0 amide bonds. The maximum absolute atomic E-state index is 2.35. The first kappa shape index (κ1) is 17.8. The molecular formula is C22H38. The summed E-state index contributed by atoms with van der Waals surface area (Å²) in [6, 6.07) is 0. The van der Waals surface area contributed by atoms with E-state index in [2.05, 4.69) is 38.2 Å². The maximum atomic E-state index is 2.35. The Balaban J connectivity index is 1.62. The Morgan fingerprint density at radius 1 is 0.591 bits per heavy atom. The van der Waals surface area contributed by atoms with Crippen molar-refractivity contribution < 1.29 is 0 Å². The zero-order valence-corrected chi connectivity index (χ0v) is 15.1. The molecule has 0 aromatic rings. The first-order valence-electron chi connectivity index (χ1n) is 10.1. The minimum Gasteiger partial charge on any atom is -0.0917 e. The van der Waals surface area contributed by atoms with Crippen LogP contribution in [0, 0.1) is 23.7 Å². The SMILES string of the molecule is CC=CCCC1CCC(C2CCC(CCC=CC)CC2)CC1. The molecule has 0 heterocycles. The second kappa shape index (κ2) is 10.3. The summed E-state index contributed by atoms with van der Waals surface area (Å²) in [5.41, 5.74) is 0. The highest BCUT2D eigenvalue weighted by molar-refractivity contribution is 4.85. The third-order valence-electron chi connectivity index (χ3n) is 6.40. The quantitative estimate of drug-likeness (QED) is 0.432. The van der Waals surface area contributed by atoms with E-state index in [0.29, 0.717) is 0 Å². The fraction of sp³-hybridized carbons (Fsp3) is 0.818. The molecule has 0 aromatic heterocycles. The van der Waals surface area contributed by atoms with Crippen molar-refractivity contribution in [2.24, 2.45) is 23.7 Å². The van der Waals surface area contributed by atoms with E-state index in [1.165, 1.54) is 77.0 Å². The van der Waals surface area contributed by atoms with Crippen LogP contribution >= 0.6 is 0 Å². The van der Waals surface area contributed by atoms with E-state index in [-0.39, 0.29) is 0 Å². The van der Waals surface area contributed by atoms with E-state index in [0.717, 1.165) is 23.7 Å². The van der Waals surface area contributed by atoms with Crippen molar-refractivity contribution >= 4 is 0 Å². The summed E-state index contributed by atoms with van der Waals surface area (Å²) in [4.78, 5) is 0. The van der Waals surface area contributed by atoms with E-state index in [1.807, 2.05) is 0 Å². The van der Waals surface area contributed by atoms with Crippen LogP contribution in [0.2, 0.25) is 0 Å². The fourth-order valence-corrected chi connectivity index (χ4v) is 4.89. The van der Waals surface area contributed by atoms with Crippen LogP contribution in [0.15, 0.2) is 24.3 Å². The van der Waals surface area contributed by atoms with Crippen LogP contribution in [0.5, 0.6) is 0 Å². The third-order valence-corrected chi connectivity index (χ3v) is 6.40. The Hall–Kier alpha value is -0.520. The van der Waals surface area contributed by atoms with Gasteiger partial charge in [0, 0.05) is 0 Å². The van der Waals surface area contributed by atoms with Crippen LogP contribution in [0.1, 0.15) is 90.9 Å². The first-order chi connectivity index (χ1) is 10.8. The lowest BCUT2D eigenvalue weighted by Gasteiger charge is -2.38. The lowest BCUT2D eigenvalue weighted by molar-refractivity contribution is 0.142. The molecule has 0 bridgehead atoms. The van der Waals surface area contributed by atoms with Crippen LogP contribution in [0.25, 0.3) is 0 Å². The van der Waals surface area contributed by atoms with Gasteiger partial charge in [-0.15, -0.1) is 0 Å². The molecule has 2 fully saturated rings. The minimum atomic E-state index is 1.03. The number of hydrogen-bond acceptors (Lipinski definition) is 0. The van der Waals surface area contributed by atoms with Crippen molar-refractivity contribution in [3.63, 3.8) is 0 Å². The van der Waals surface area contributed by atoms with Crippen molar-refractivity contribution in [2.75, 3.05) is 0 Å². The van der Waals surface area contributed by atoms with Gasteiger partial charge < -0.3 is 0 Å². The highest BCUT2D eigenvalue weighted by Crippen LogP contribution is 2.42. The second-order valence-corrected chi connectivity index (χ2v) is 7.85. The highest BCUT2D eigenvalue weighted by atomic mass is 14.4. The second-order valence-electron chi connectivity index (χ2n) is 7.85. The molecular weight excluding hydrogens is 264 g/mol. The third kappa shape index (κ3) is 5.94. The molecule has 126 valence electrons. The Kier molecular flexibility index (Phi) is 8.34. The first-order valence-corrected chi connectivity index (χ1v) is 10.1. The number of hydrogen-bond donors (Lipinski definition) is 0. The lowest BCUT2D eigenvalue weighted by Crippen LogP contribution is -2.25. The Morgan fingerprint density at radius 3 is 1.27 bits per heavy atom. The van der Waals surface area contributed by atoms with Gasteiger partial charge >= 0.3 is 0 Å². The molecule has 0 atom stereocenters. The van der Waals surface area contributed by atoms with Crippen LogP contribution in [-0.4, -0.2) is 0 Å². The summed E-state index contributed by atoms with van der Waals surface area (Å²) in [7, 11) is 0. The van der Waals surface area contributed by atoms with Crippen LogP contribution in [0.3, 0.4) is 0 Å². The normalized spacial score (nSPS) is 33.7. The van der Waals surface area contributed by atoms with Gasteiger partial charge in [-0.3, -0.25) is 0 Å². The molecule has 2 aliphatic carbocycles. The van der Waals surface area contributed by atoms with Crippen LogP contribution < -0.4 is 0 Å². The maximum Gasteiger partial charge on any atom is -0.0348 e. The zero-order valence-electron chi connectivity index (χ0n) is 15.1. The zero-order chi connectivity index (χ0) is 15.6. The number of allylic oxidation sites excluding steroid dienone is 4. The summed E-state index contributed by atoms with van der Waals surface area (Å²) in [5.74, 6) is 4.22. The van der Waals surface area contributed by atoms with Gasteiger partial charge in [0.15, 0.2) is 0 Å². The number of rotatable bonds is 7. The average Bonchev–Trinajstić information content (AvgIpc) is 2.57. The van der Waals surface area contributed by atoms with Gasteiger partial charge in [0.05, 0.1) is 0 Å². The van der Waals surface area contributed by atoms with Crippen molar-refractivity contribution in [1.82, 2.24) is 0 Å². The summed E-state index contributed by atoms with van der Waals surface area (Å²) in [5, 5.41) is 0. The van der Waals surface area contributed by atoms with E-state index >= 15 is 0 Å². The monoisotopic (exact) mass is 302 g/mol. The molecule has 2 rings (SSSR count). The molecule has 0 saturated heterocycles. The minimum absolute atomic E-state index is 1.03. The summed E-state index contributed by atoms with van der Waals surface area (Å²) in [6.45, 7) is 4.29. The summed E-state index contributed by atoms with van der Waals surface area (Å²) in [6.07, 6.45) is 26.8. The molecule has 0 heteroatoms. The molecule has 0 spiro atoms. The smallest absolute Gasteiger partial charge is 0.0348 e. The van der Waals surface area contributed by atoms with Gasteiger partial charge in [-0.2, -0.15) is 0 Å². The molecule has 0 aromatic carbocycles. The van der Waals surface area contributed by atoms with Crippen LogP contribution in [-0.2, 0) is 0 Å². The summed E-state index contributed by atoms with van der Waals surface area (Å²) < 4.78 is 0. The van der Waals surface area contributed by atoms with Crippen molar-refractivity contribution in [3.8, 4) is 0 Å². The predicted molar refractivity (Wildman–Crippen MR) is 99.0 cm³/mol. The van der Waals surface area contributed by atoms with Crippen molar-refractivity contribution in [1.29, 1.82) is 0 Å². The standard InChI is InChI=1S/C22H38/c1-3-5-7-9-19-11-15-21(16-12-19)22-17-13-20(14-18-22)10-8-6-4-2/h3-6,19-22H,7-18H2,1-2H3. The summed E-state index contributed by atoms with van der Waals surface area (Å²) >= 11 is 0. The topological polar surface area (TPSA) is 0 Å².